The summed E-state index contributed by atoms with van der Waals surface area (Å²) < 4.78 is 10.2. The van der Waals surface area contributed by atoms with Gasteiger partial charge in [-0.25, -0.2) is 4.79 Å². The van der Waals surface area contributed by atoms with Gasteiger partial charge in [0.05, 0.1) is 13.4 Å². The molecule has 1 N–H and O–H groups in total. The van der Waals surface area contributed by atoms with E-state index < -0.39 is 5.63 Å². The number of fused-ring (bicyclic) bond motifs is 1. The summed E-state index contributed by atoms with van der Waals surface area (Å²) in [5.41, 5.74) is 0.600. The molecule has 0 unspecified atom stereocenters. The molecule has 88 valence electrons. The van der Waals surface area contributed by atoms with Crippen molar-refractivity contribution < 1.29 is 14.3 Å². The van der Waals surface area contributed by atoms with Crippen LogP contribution in [-0.2, 0) is 6.42 Å². The van der Waals surface area contributed by atoms with Gasteiger partial charge in [0.1, 0.15) is 11.3 Å². The molecule has 0 atom stereocenters. The summed E-state index contributed by atoms with van der Waals surface area (Å²) in [6.45, 7) is 0. The van der Waals surface area contributed by atoms with Gasteiger partial charge in [0, 0.05) is 23.4 Å². The van der Waals surface area contributed by atoms with E-state index >= 15 is 0 Å². The number of hydrogen-bond donors (Lipinski definition) is 1. The van der Waals surface area contributed by atoms with Gasteiger partial charge in [-0.2, -0.15) is 0 Å². The number of benzene rings is 1. The molecule has 0 saturated heterocycles. The van der Waals surface area contributed by atoms with E-state index in [1.54, 1.807) is 25.3 Å². The number of rotatable bonds is 3. The molecule has 0 spiro atoms. The first-order valence-corrected chi connectivity index (χ1v) is 5.14. The first-order chi connectivity index (χ1) is 8.24. The number of aliphatic hydroxyl groups is 1. The summed E-state index contributed by atoms with van der Waals surface area (Å²) in [6.07, 6.45) is 2.75. The summed E-state index contributed by atoms with van der Waals surface area (Å²) in [6, 6.07) is 7.04. The molecule has 2 rings (SSSR count). The van der Waals surface area contributed by atoms with Crippen LogP contribution < -0.4 is 10.4 Å². The van der Waals surface area contributed by atoms with Crippen LogP contribution in [0.1, 0.15) is 5.56 Å². The van der Waals surface area contributed by atoms with Crippen LogP contribution in [-0.4, -0.2) is 12.2 Å². The van der Waals surface area contributed by atoms with Crippen LogP contribution in [0.2, 0.25) is 0 Å². The molecule has 2 aromatic rings. The Morgan fingerprint density at radius 2 is 2.24 bits per heavy atom. The zero-order chi connectivity index (χ0) is 12.3. The van der Waals surface area contributed by atoms with Crippen LogP contribution in [0.4, 0.5) is 0 Å². The minimum Gasteiger partial charge on any atom is -0.516 e. The van der Waals surface area contributed by atoms with Gasteiger partial charge < -0.3 is 14.3 Å². The fraction of sp³-hybridized carbons (Fsp3) is 0.154. The van der Waals surface area contributed by atoms with Gasteiger partial charge in [0.25, 0.3) is 0 Å². The second kappa shape index (κ2) is 4.74. The SMILES string of the molecule is COc1ccc2cc(C/C=C/O)c(=O)oc2c1. The number of hydrogen-bond acceptors (Lipinski definition) is 4. The van der Waals surface area contributed by atoms with Crippen LogP contribution in [0.25, 0.3) is 11.0 Å². The zero-order valence-corrected chi connectivity index (χ0v) is 9.34. The third kappa shape index (κ3) is 2.30. The van der Waals surface area contributed by atoms with E-state index in [1.165, 1.54) is 6.08 Å². The van der Waals surface area contributed by atoms with Crippen molar-refractivity contribution in [2.45, 2.75) is 6.42 Å². The van der Waals surface area contributed by atoms with E-state index in [0.29, 0.717) is 23.3 Å². The lowest BCUT2D eigenvalue weighted by atomic mass is 10.1. The van der Waals surface area contributed by atoms with E-state index in [4.69, 9.17) is 14.3 Å². The molecule has 1 heterocycles. The van der Waals surface area contributed by atoms with Crippen molar-refractivity contribution in [3.8, 4) is 5.75 Å². The Kier molecular flexibility index (Phi) is 3.14. The van der Waals surface area contributed by atoms with Gasteiger partial charge in [-0.15, -0.1) is 0 Å². The van der Waals surface area contributed by atoms with Gasteiger partial charge in [0.15, 0.2) is 0 Å². The molecule has 17 heavy (non-hydrogen) atoms. The highest BCUT2D eigenvalue weighted by atomic mass is 16.5. The van der Waals surface area contributed by atoms with Crippen molar-refractivity contribution in [3.63, 3.8) is 0 Å². The van der Waals surface area contributed by atoms with Gasteiger partial charge in [0.2, 0.25) is 0 Å². The molecule has 0 aliphatic carbocycles. The Labute approximate surface area is 97.8 Å². The average Bonchev–Trinajstić information content (AvgIpc) is 2.35. The molecule has 1 aromatic carbocycles. The van der Waals surface area contributed by atoms with Crippen molar-refractivity contribution in [1.82, 2.24) is 0 Å². The Morgan fingerprint density at radius 1 is 1.41 bits per heavy atom. The van der Waals surface area contributed by atoms with E-state index in [0.717, 1.165) is 11.6 Å². The first kappa shape index (κ1) is 11.3. The molecular weight excluding hydrogens is 220 g/mol. The molecular formula is C13H12O4. The molecule has 1 aromatic heterocycles. The normalized spacial score (nSPS) is 11.1. The topological polar surface area (TPSA) is 59.7 Å². The van der Waals surface area contributed by atoms with E-state index in [-0.39, 0.29) is 0 Å². The molecule has 4 nitrogen and oxygen atoms in total. The lowest BCUT2D eigenvalue weighted by Crippen LogP contribution is -2.05. The fourth-order valence-corrected chi connectivity index (χ4v) is 1.58. The van der Waals surface area contributed by atoms with Crippen molar-refractivity contribution >= 4 is 11.0 Å². The highest BCUT2D eigenvalue weighted by Gasteiger charge is 2.05. The van der Waals surface area contributed by atoms with Crippen LogP contribution in [0, 0.1) is 0 Å². The predicted molar refractivity (Wildman–Crippen MR) is 64.5 cm³/mol. The maximum Gasteiger partial charge on any atom is 0.339 e. The largest absolute Gasteiger partial charge is 0.516 e. The average molecular weight is 232 g/mol. The fourth-order valence-electron chi connectivity index (χ4n) is 1.58. The third-order valence-corrected chi connectivity index (χ3v) is 2.46. The molecule has 0 bridgehead atoms. The number of aliphatic hydroxyl groups excluding tert-OH is 1. The zero-order valence-electron chi connectivity index (χ0n) is 9.34. The highest BCUT2D eigenvalue weighted by molar-refractivity contribution is 5.78. The Hall–Kier alpha value is -2.23. The van der Waals surface area contributed by atoms with E-state index in [1.807, 2.05) is 6.07 Å². The molecule has 0 aliphatic rings. The molecule has 0 amide bonds. The number of allylic oxidation sites excluding steroid dienone is 1. The van der Waals surface area contributed by atoms with Crippen molar-refractivity contribution in [3.05, 3.63) is 52.6 Å². The monoisotopic (exact) mass is 232 g/mol. The summed E-state index contributed by atoms with van der Waals surface area (Å²) in [5, 5.41) is 9.40. The van der Waals surface area contributed by atoms with Crippen molar-refractivity contribution in [2.75, 3.05) is 7.11 Å². The van der Waals surface area contributed by atoms with Gasteiger partial charge in [-0.05, 0) is 24.3 Å². The van der Waals surface area contributed by atoms with Crippen LogP contribution >= 0.6 is 0 Å². The lowest BCUT2D eigenvalue weighted by Gasteiger charge is -2.02. The summed E-state index contributed by atoms with van der Waals surface area (Å²) >= 11 is 0. The summed E-state index contributed by atoms with van der Waals surface area (Å²) in [5.74, 6) is 0.642. The quantitative estimate of drug-likeness (QED) is 0.652. The third-order valence-electron chi connectivity index (χ3n) is 2.46. The second-order valence-electron chi connectivity index (χ2n) is 3.55. The lowest BCUT2D eigenvalue weighted by molar-refractivity contribution is 0.414. The maximum absolute atomic E-state index is 11.6. The summed E-state index contributed by atoms with van der Waals surface area (Å²) in [7, 11) is 1.56. The van der Waals surface area contributed by atoms with E-state index in [9.17, 15) is 4.79 Å². The van der Waals surface area contributed by atoms with Crippen LogP contribution in [0.3, 0.4) is 0 Å². The number of methoxy groups -OCH3 is 1. The molecule has 0 fully saturated rings. The predicted octanol–water partition coefficient (Wildman–Crippen LogP) is 2.42. The number of ether oxygens (including phenoxy) is 1. The van der Waals surface area contributed by atoms with Gasteiger partial charge in [-0.3, -0.25) is 0 Å². The second-order valence-corrected chi connectivity index (χ2v) is 3.55. The molecule has 0 saturated carbocycles. The molecule has 0 radical (unpaired) electrons. The smallest absolute Gasteiger partial charge is 0.339 e. The summed E-state index contributed by atoms with van der Waals surface area (Å²) in [4.78, 5) is 11.6. The van der Waals surface area contributed by atoms with Gasteiger partial charge >= 0.3 is 5.63 Å². The highest BCUT2D eigenvalue weighted by Crippen LogP contribution is 2.20. The standard InChI is InChI=1S/C13H12O4/c1-16-11-5-4-9-7-10(3-2-6-14)13(15)17-12(9)8-11/h2,4-8,14H,3H2,1H3/b6-2+. The maximum atomic E-state index is 11.6. The van der Waals surface area contributed by atoms with Gasteiger partial charge in [-0.1, -0.05) is 0 Å². The molecule has 4 heteroatoms. The van der Waals surface area contributed by atoms with Crippen LogP contribution in [0.15, 0.2) is 45.8 Å². The first-order valence-electron chi connectivity index (χ1n) is 5.14. The Bertz CT molecular complexity index is 610. The Morgan fingerprint density at radius 3 is 2.94 bits per heavy atom. The minimum atomic E-state index is -0.399. The van der Waals surface area contributed by atoms with Crippen molar-refractivity contribution in [1.29, 1.82) is 0 Å². The minimum absolute atomic E-state index is 0.348. The Balaban J connectivity index is 2.54. The van der Waals surface area contributed by atoms with E-state index in [2.05, 4.69) is 0 Å². The molecule has 0 aliphatic heterocycles. The van der Waals surface area contributed by atoms with Crippen LogP contribution in [0.5, 0.6) is 5.75 Å². The van der Waals surface area contributed by atoms with Crippen molar-refractivity contribution in [2.24, 2.45) is 0 Å².